The third-order valence-electron chi connectivity index (χ3n) is 16.0. The second-order valence-corrected chi connectivity index (χ2v) is 25.1. The van der Waals surface area contributed by atoms with Crippen molar-refractivity contribution in [1.29, 1.82) is 0 Å². The normalized spacial score (nSPS) is 16.8. The van der Waals surface area contributed by atoms with Gasteiger partial charge in [0.2, 0.25) is 76.8 Å². The van der Waals surface area contributed by atoms with E-state index in [1.165, 1.54) is 21.6 Å². The highest BCUT2D eigenvalue weighted by Crippen LogP contribution is 2.24. The Morgan fingerprint density at radius 2 is 1.01 bits per heavy atom. The average molecular weight is 1350 g/mol. The first-order chi connectivity index (χ1) is 45.2. The van der Waals surface area contributed by atoms with Gasteiger partial charge in [-0.15, -0.1) is 0 Å². The Morgan fingerprint density at radius 3 is 1.51 bits per heavy atom. The van der Waals surface area contributed by atoms with Crippen LogP contribution in [-0.4, -0.2) is 198 Å². The van der Waals surface area contributed by atoms with Gasteiger partial charge in [0, 0.05) is 45.3 Å². The summed E-state index contributed by atoms with van der Waals surface area (Å²) in [5.74, 6) is -9.80. The van der Waals surface area contributed by atoms with Crippen molar-refractivity contribution in [3.8, 4) is 0 Å². The van der Waals surface area contributed by atoms with Gasteiger partial charge in [0.05, 0.1) is 12.6 Å². The number of nitrogens with one attached hydrogen (secondary N) is 8. The summed E-state index contributed by atoms with van der Waals surface area (Å²) in [5.41, 5.74) is 40.6. The van der Waals surface area contributed by atoms with E-state index >= 15 is 0 Å². The largest absolute Gasteiger partial charge is 0.370 e. The molecule has 524 valence electrons. The minimum absolute atomic E-state index is 0.0736. The second-order valence-electron chi connectivity index (χ2n) is 24.1. The smallest absolute Gasteiger partial charge is 0.245 e. The van der Waals surface area contributed by atoms with Gasteiger partial charge >= 0.3 is 0 Å². The van der Waals surface area contributed by atoms with Crippen molar-refractivity contribution in [3.05, 3.63) is 71.8 Å². The maximum atomic E-state index is 14.7. The number of carbonyl (C=O) groups excluding carboxylic acids is 13. The molecule has 22 N–H and O–H groups in total. The number of aliphatic imine (C=N–C) groups is 1. The molecule has 2 aliphatic rings. The van der Waals surface area contributed by atoms with Gasteiger partial charge in [-0.1, -0.05) is 74.5 Å². The molecule has 2 fully saturated rings. The van der Waals surface area contributed by atoms with Gasteiger partial charge in [-0.05, 0) is 119 Å². The average Bonchev–Trinajstić information content (AvgIpc) is 1.74. The molecule has 2 aromatic rings. The van der Waals surface area contributed by atoms with E-state index in [2.05, 4.69) is 47.5 Å². The van der Waals surface area contributed by atoms with E-state index in [4.69, 9.17) is 40.1 Å². The number of unbranched alkanes of at least 4 members (excludes halogenated alkanes) is 1. The number of hydrogen-bond acceptors (Lipinski definition) is 17. The first-order valence-corrected chi connectivity index (χ1v) is 33.6. The quantitative estimate of drug-likeness (QED) is 0.0173. The highest BCUT2D eigenvalue weighted by atomic mass is 32.2. The summed E-state index contributed by atoms with van der Waals surface area (Å²) < 4.78 is 0. The van der Waals surface area contributed by atoms with Crippen LogP contribution in [0.3, 0.4) is 0 Å². The Labute approximate surface area is 558 Å². The summed E-state index contributed by atoms with van der Waals surface area (Å²) in [6.07, 6.45) is 3.12. The molecule has 0 unspecified atom stereocenters. The lowest BCUT2D eigenvalue weighted by molar-refractivity contribution is -0.144. The zero-order chi connectivity index (χ0) is 70.1. The summed E-state index contributed by atoms with van der Waals surface area (Å²) >= 11 is 1.45. The number of guanidine groups is 1. The number of carbonyl (C=O) groups is 13. The molecule has 10 atom stereocenters. The Hall–Kier alpha value is -8.91. The third-order valence-corrected chi connectivity index (χ3v) is 16.7. The van der Waals surface area contributed by atoms with E-state index in [1.807, 2.05) is 20.1 Å². The van der Waals surface area contributed by atoms with Crippen molar-refractivity contribution >= 4 is 94.5 Å². The first kappa shape index (κ1) is 78.5. The van der Waals surface area contributed by atoms with Crippen LogP contribution in [0.1, 0.15) is 121 Å². The summed E-state index contributed by atoms with van der Waals surface area (Å²) in [5, 5.41) is 21.1. The van der Waals surface area contributed by atoms with Gasteiger partial charge in [-0.25, -0.2) is 0 Å². The lowest BCUT2D eigenvalue weighted by Crippen LogP contribution is -2.60. The standard InChI is InChI=1S/C63H98N18O13S/c1-37(2)33-45(57(89)74-41(53(68)85)27-32-95-3)73-52(84)36-72-54(86)46(34-38-15-6-4-7-16-38)78-58(90)47(35-39-17-8-5-9-18-39)79-56(88)42(23-25-50(66)82)75-55(87)43(24-26-51(67)83)76-59(91)49-22-14-31-81(49)62(94)44(20-10-11-28-64)77-60(92)48-21-13-30-80(48)61(93)40(65)19-12-29-71-63(69)70/h4-9,15-18,37,40-49H,10-14,19-36,64-65H2,1-3H3,(H2,66,82)(H2,67,83)(H2,68,85)(H,72,86)(H,73,84)(H,74,89)(H,75,87)(H,76,91)(H,77,92)(H,78,90)(H,79,88)(H4,69,70,71)/t40-,41-,42+,43-,44+,45+,46+,47-,48-,49-/m0/s1. The molecule has 4 rings (SSSR count). The molecule has 0 radical (unpaired) electrons. The zero-order valence-corrected chi connectivity index (χ0v) is 55.3. The lowest BCUT2D eigenvalue weighted by atomic mass is 10.0. The van der Waals surface area contributed by atoms with Crippen molar-refractivity contribution in [2.24, 2.45) is 51.0 Å². The topological polar surface area (TPSA) is 519 Å². The van der Waals surface area contributed by atoms with E-state index in [-0.39, 0.29) is 83.0 Å². The predicted octanol–water partition coefficient (Wildman–Crippen LogP) is -3.71. The van der Waals surface area contributed by atoms with Gasteiger partial charge in [0.1, 0.15) is 54.4 Å². The summed E-state index contributed by atoms with van der Waals surface area (Å²) in [4.78, 5) is 185. The SMILES string of the molecule is CSCC[C@H](NC(=O)[C@@H](CC(C)C)NC(=O)CNC(=O)[C@@H](Cc1ccccc1)NC(=O)[C@H](Cc1ccccc1)NC(=O)[C@@H](CCC(N)=O)NC(=O)[C@H](CCC(N)=O)NC(=O)[C@@H]1CCCN1C(=O)[C@@H](CCCCN)NC(=O)[C@@H]1CCCN1C(=O)[C@@H](N)CCCN=C(N)N)C(N)=O. The molecule has 2 saturated heterocycles. The van der Waals surface area contributed by atoms with Crippen LogP contribution in [0.15, 0.2) is 65.7 Å². The van der Waals surface area contributed by atoms with Gasteiger partial charge < -0.3 is 92.5 Å². The zero-order valence-electron chi connectivity index (χ0n) is 54.5. The Kier molecular flexibility index (Phi) is 33.9. The fourth-order valence-corrected chi connectivity index (χ4v) is 11.5. The van der Waals surface area contributed by atoms with Crippen LogP contribution in [0.2, 0.25) is 0 Å². The number of hydrogen-bond donors (Lipinski definition) is 15. The number of benzene rings is 2. The number of likely N-dealkylation sites (tertiary alicyclic amines) is 2. The van der Waals surface area contributed by atoms with Gasteiger partial charge in [0.25, 0.3) is 0 Å². The molecule has 0 aromatic heterocycles. The second kappa shape index (κ2) is 41.0. The molecule has 2 aliphatic heterocycles. The van der Waals surface area contributed by atoms with Crippen molar-refractivity contribution in [3.63, 3.8) is 0 Å². The first-order valence-electron chi connectivity index (χ1n) is 32.2. The molecule has 95 heavy (non-hydrogen) atoms. The van der Waals surface area contributed by atoms with Crippen LogP contribution in [0.5, 0.6) is 0 Å². The highest BCUT2D eigenvalue weighted by molar-refractivity contribution is 7.98. The summed E-state index contributed by atoms with van der Waals surface area (Å²) in [6, 6.07) is 4.51. The van der Waals surface area contributed by atoms with Gasteiger partial charge in [-0.3, -0.25) is 67.3 Å². The molecule has 0 aliphatic carbocycles. The number of primary amides is 3. The van der Waals surface area contributed by atoms with Crippen LogP contribution in [0.4, 0.5) is 0 Å². The van der Waals surface area contributed by atoms with Crippen LogP contribution < -0.4 is 82.7 Å². The van der Waals surface area contributed by atoms with Crippen molar-refractivity contribution in [2.75, 3.05) is 44.7 Å². The fourth-order valence-electron chi connectivity index (χ4n) is 11.0. The number of amides is 13. The Balaban J connectivity index is 1.56. The fraction of sp³-hybridized carbons (Fsp3) is 0.587. The minimum Gasteiger partial charge on any atom is -0.370 e. The molecule has 32 heteroatoms. The summed E-state index contributed by atoms with van der Waals surface area (Å²) in [6.45, 7) is 3.86. The third kappa shape index (κ3) is 27.5. The van der Waals surface area contributed by atoms with E-state index in [9.17, 15) is 62.3 Å². The van der Waals surface area contributed by atoms with Gasteiger partial charge in [-0.2, -0.15) is 11.8 Å². The molecule has 2 heterocycles. The van der Waals surface area contributed by atoms with E-state index < -0.39 is 169 Å². The molecule has 0 bridgehead atoms. The van der Waals surface area contributed by atoms with Crippen molar-refractivity contribution < 1.29 is 62.3 Å². The van der Waals surface area contributed by atoms with Crippen molar-refractivity contribution in [2.45, 2.75) is 183 Å². The van der Waals surface area contributed by atoms with Crippen molar-refractivity contribution in [1.82, 2.24) is 52.3 Å². The number of nitrogens with zero attached hydrogens (tertiary/aromatic N) is 3. The number of rotatable bonds is 42. The monoisotopic (exact) mass is 1350 g/mol. The lowest BCUT2D eigenvalue weighted by Gasteiger charge is -2.32. The van der Waals surface area contributed by atoms with Crippen LogP contribution in [0, 0.1) is 5.92 Å². The Bertz CT molecular complexity index is 2960. The maximum Gasteiger partial charge on any atom is 0.245 e. The van der Waals surface area contributed by atoms with E-state index in [0.29, 0.717) is 55.4 Å². The van der Waals surface area contributed by atoms with E-state index in [0.717, 1.165) is 0 Å². The molecule has 0 saturated carbocycles. The maximum absolute atomic E-state index is 14.7. The highest BCUT2D eigenvalue weighted by Gasteiger charge is 2.42. The molecular weight excluding hydrogens is 1250 g/mol. The predicted molar refractivity (Wildman–Crippen MR) is 356 cm³/mol. The summed E-state index contributed by atoms with van der Waals surface area (Å²) in [7, 11) is 0. The van der Waals surface area contributed by atoms with Crippen LogP contribution in [0.25, 0.3) is 0 Å². The molecular formula is C63H98N18O13S. The van der Waals surface area contributed by atoms with Crippen LogP contribution >= 0.6 is 11.8 Å². The van der Waals surface area contributed by atoms with E-state index in [1.54, 1.807) is 60.7 Å². The molecule has 31 nitrogen and oxygen atoms in total. The van der Waals surface area contributed by atoms with Gasteiger partial charge in [0.15, 0.2) is 5.96 Å². The van der Waals surface area contributed by atoms with Crippen LogP contribution in [-0.2, 0) is 75.2 Å². The number of nitrogens with two attached hydrogens (primary N) is 7. The molecule has 13 amide bonds. The number of thioether (sulfide) groups is 1. The minimum atomic E-state index is -1.64. The Morgan fingerprint density at radius 1 is 0.537 bits per heavy atom. The molecule has 0 spiro atoms. The molecule has 2 aromatic carbocycles.